The Kier molecular flexibility index (Phi) is 3.55. The van der Waals surface area contributed by atoms with E-state index in [-0.39, 0.29) is 12.1 Å². The molecule has 2 aliphatic heterocycles. The summed E-state index contributed by atoms with van der Waals surface area (Å²) in [6.07, 6.45) is 4.38. The van der Waals surface area contributed by atoms with E-state index in [1.807, 2.05) is 35.2 Å². The smallest absolute Gasteiger partial charge is 0.225 e. The normalized spacial score (nSPS) is 29.7. The van der Waals surface area contributed by atoms with E-state index >= 15 is 0 Å². The van der Waals surface area contributed by atoms with Crippen molar-refractivity contribution < 1.29 is 9.53 Å². The molecule has 3 heteroatoms. The molecule has 4 rings (SSSR count). The van der Waals surface area contributed by atoms with Crippen LogP contribution in [0.2, 0.25) is 0 Å². The van der Waals surface area contributed by atoms with Gasteiger partial charge in [0.25, 0.3) is 0 Å². The maximum atomic E-state index is 11.7. The van der Waals surface area contributed by atoms with Crippen molar-refractivity contribution in [2.75, 3.05) is 6.61 Å². The van der Waals surface area contributed by atoms with Crippen molar-refractivity contribution in [2.45, 2.75) is 51.8 Å². The number of carbonyl (C=O) groups excluding carboxylic acids is 1. The molecule has 3 fully saturated rings. The summed E-state index contributed by atoms with van der Waals surface area (Å²) >= 11 is 0. The number of benzene rings is 1. The predicted octanol–water partition coefficient (Wildman–Crippen LogP) is 3.51. The Hall–Kier alpha value is -1.35. The number of fused-ring (bicyclic) bond motifs is 1. The summed E-state index contributed by atoms with van der Waals surface area (Å²) in [7, 11) is 0. The van der Waals surface area contributed by atoms with Gasteiger partial charge < -0.3 is 9.64 Å². The van der Waals surface area contributed by atoms with Gasteiger partial charge in [-0.05, 0) is 24.7 Å². The number of rotatable bonds is 1. The first-order valence-electron chi connectivity index (χ1n) is 7.55. The third-order valence-electron chi connectivity index (χ3n) is 4.41. The Bertz CT molecular complexity index is 477. The number of hydrogen-bond acceptors (Lipinski definition) is 2. The van der Waals surface area contributed by atoms with Crippen molar-refractivity contribution >= 4 is 5.91 Å². The molecule has 3 aliphatic rings. The highest BCUT2D eigenvalue weighted by atomic mass is 16.5. The standard InChI is InChI=1S/C12H13NO2.C5H10/c14-11-7-6-10-8-15-12(13(10)11)9-4-2-1-3-5-9;1-5(2)3-4-5/h1-5,10,12H,6-8H2;3-4H2,1-2H3/t10-,12-;/m0./s1. The summed E-state index contributed by atoms with van der Waals surface area (Å²) in [6, 6.07) is 10.3. The zero-order chi connectivity index (χ0) is 14.2. The van der Waals surface area contributed by atoms with Gasteiger partial charge in [0.05, 0.1) is 12.6 Å². The van der Waals surface area contributed by atoms with E-state index in [9.17, 15) is 4.79 Å². The molecule has 2 saturated heterocycles. The molecule has 0 aromatic heterocycles. The molecule has 108 valence electrons. The minimum atomic E-state index is -0.147. The monoisotopic (exact) mass is 273 g/mol. The van der Waals surface area contributed by atoms with Gasteiger partial charge in [0, 0.05) is 12.0 Å². The largest absolute Gasteiger partial charge is 0.352 e. The minimum Gasteiger partial charge on any atom is -0.352 e. The second-order valence-corrected chi connectivity index (χ2v) is 6.75. The Morgan fingerprint density at radius 3 is 2.45 bits per heavy atom. The lowest BCUT2D eigenvalue weighted by atomic mass is 10.2. The molecular formula is C17H23NO2. The SMILES string of the molecule is CC1(C)CC1.O=C1CC[C@H]2CO[C@@H](c3ccccc3)N12. The number of hydrogen-bond donors (Lipinski definition) is 0. The highest BCUT2D eigenvalue weighted by molar-refractivity contribution is 5.79. The van der Waals surface area contributed by atoms with Gasteiger partial charge in [0.2, 0.25) is 5.91 Å². The van der Waals surface area contributed by atoms with Gasteiger partial charge in [0.1, 0.15) is 0 Å². The van der Waals surface area contributed by atoms with Crippen LogP contribution in [0.1, 0.15) is 51.3 Å². The van der Waals surface area contributed by atoms with Crippen molar-refractivity contribution in [3.05, 3.63) is 35.9 Å². The Morgan fingerprint density at radius 1 is 1.20 bits per heavy atom. The third kappa shape index (κ3) is 2.88. The first-order valence-corrected chi connectivity index (χ1v) is 7.55. The van der Waals surface area contributed by atoms with Crippen molar-refractivity contribution in [1.29, 1.82) is 0 Å². The van der Waals surface area contributed by atoms with E-state index in [0.29, 0.717) is 19.1 Å². The fourth-order valence-electron chi connectivity index (χ4n) is 2.65. The molecule has 3 nitrogen and oxygen atoms in total. The van der Waals surface area contributed by atoms with Crippen LogP contribution in [0.25, 0.3) is 0 Å². The molecule has 0 N–H and O–H groups in total. The molecule has 2 heterocycles. The molecule has 1 aliphatic carbocycles. The van der Waals surface area contributed by atoms with Crippen LogP contribution < -0.4 is 0 Å². The van der Waals surface area contributed by atoms with Crippen LogP contribution in [0.4, 0.5) is 0 Å². The summed E-state index contributed by atoms with van der Waals surface area (Å²) in [5.74, 6) is 0.228. The minimum absolute atomic E-state index is 0.147. The van der Waals surface area contributed by atoms with Gasteiger partial charge in [-0.3, -0.25) is 4.79 Å². The topological polar surface area (TPSA) is 29.5 Å². The van der Waals surface area contributed by atoms with Crippen LogP contribution in [0, 0.1) is 5.41 Å². The molecule has 1 aromatic rings. The summed E-state index contributed by atoms with van der Waals surface area (Å²) in [6.45, 7) is 5.28. The van der Waals surface area contributed by atoms with Crippen LogP contribution in [-0.4, -0.2) is 23.5 Å². The summed E-state index contributed by atoms with van der Waals surface area (Å²) < 4.78 is 5.68. The lowest BCUT2D eigenvalue weighted by Gasteiger charge is -2.22. The Morgan fingerprint density at radius 2 is 1.85 bits per heavy atom. The van der Waals surface area contributed by atoms with Crippen molar-refractivity contribution in [1.82, 2.24) is 4.90 Å². The van der Waals surface area contributed by atoms with Crippen molar-refractivity contribution in [2.24, 2.45) is 5.41 Å². The zero-order valence-electron chi connectivity index (χ0n) is 12.3. The van der Waals surface area contributed by atoms with E-state index in [1.165, 1.54) is 12.8 Å². The van der Waals surface area contributed by atoms with Crippen molar-refractivity contribution in [3.63, 3.8) is 0 Å². The van der Waals surface area contributed by atoms with Crippen LogP contribution in [0.3, 0.4) is 0 Å². The fraction of sp³-hybridized carbons (Fsp3) is 0.588. The first kappa shape index (κ1) is 13.6. The van der Waals surface area contributed by atoms with E-state index in [2.05, 4.69) is 13.8 Å². The van der Waals surface area contributed by atoms with E-state index in [0.717, 1.165) is 17.4 Å². The van der Waals surface area contributed by atoms with E-state index in [4.69, 9.17) is 4.74 Å². The van der Waals surface area contributed by atoms with Crippen LogP contribution in [0.5, 0.6) is 0 Å². The van der Waals surface area contributed by atoms with Gasteiger partial charge in [-0.25, -0.2) is 0 Å². The molecule has 1 saturated carbocycles. The van der Waals surface area contributed by atoms with Gasteiger partial charge in [-0.2, -0.15) is 0 Å². The molecule has 0 unspecified atom stereocenters. The predicted molar refractivity (Wildman–Crippen MR) is 78.0 cm³/mol. The average molecular weight is 273 g/mol. The van der Waals surface area contributed by atoms with E-state index < -0.39 is 0 Å². The summed E-state index contributed by atoms with van der Waals surface area (Å²) in [5.41, 5.74) is 1.83. The molecule has 1 aromatic carbocycles. The molecule has 0 radical (unpaired) electrons. The molecule has 0 spiro atoms. The second kappa shape index (κ2) is 5.21. The van der Waals surface area contributed by atoms with Crippen LogP contribution in [-0.2, 0) is 9.53 Å². The molecule has 0 bridgehead atoms. The molecule has 20 heavy (non-hydrogen) atoms. The lowest BCUT2D eigenvalue weighted by Crippen LogP contribution is -2.30. The maximum absolute atomic E-state index is 11.7. The highest BCUT2D eigenvalue weighted by Gasteiger charge is 2.42. The van der Waals surface area contributed by atoms with E-state index in [1.54, 1.807) is 0 Å². The molecule has 1 amide bonds. The maximum Gasteiger partial charge on any atom is 0.225 e. The number of ether oxygens (including phenoxy) is 1. The third-order valence-corrected chi connectivity index (χ3v) is 4.41. The summed E-state index contributed by atoms with van der Waals surface area (Å²) in [5, 5.41) is 0. The Balaban J connectivity index is 0.000000205. The fourth-order valence-corrected chi connectivity index (χ4v) is 2.65. The van der Waals surface area contributed by atoms with Crippen LogP contribution in [0.15, 0.2) is 30.3 Å². The number of amides is 1. The molecular weight excluding hydrogens is 250 g/mol. The Labute approximate surface area is 120 Å². The highest BCUT2D eigenvalue weighted by Crippen LogP contribution is 2.43. The van der Waals surface area contributed by atoms with Crippen LogP contribution >= 0.6 is 0 Å². The van der Waals surface area contributed by atoms with Gasteiger partial charge in [-0.15, -0.1) is 0 Å². The number of carbonyl (C=O) groups is 1. The molecule has 2 atom stereocenters. The quantitative estimate of drug-likeness (QED) is 0.783. The zero-order valence-corrected chi connectivity index (χ0v) is 12.3. The van der Waals surface area contributed by atoms with Gasteiger partial charge >= 0.3 is 0 Å². The first-order chi connectivity index (χ1) is 9.57. The average Bonchev–Trinajstić information content (AvgIpc) is 2.88. The van der Waals surface area contributed by atoms with Crippen molar-refractivity contribution in [3.8, 4) is 0 Å². The second-order valence-electron chi connectivity index (χ2n) is 6.75. The van der Waals surface area contributed by atoms with Gasteiger partial charge in [0.15, 0.2) is 6.23 Å². The lowest BCUT2D eigenvalue weighted by molar-refractivity contribution is -0.134. The van der Waals surface area contributed by atoms with Gasteiger partial charge in [-0.1, -0.05) is 44.2 Å². The summed E-state index contributed by atoms with van der Waals surface area (Å²) in [4.78, 5) is 13.6. The number of nitrogens with zero attached hydrogens (tertiary/aromatic N) is 1.